The summed E-state index contributed by atoms with van der Waals surface area (Å²) in [6.45, 7) is 0. The van der Waals surface area contributed by atoms with Gasteiger partial charge in [0.2, 0.25) is 5.88 Å². The Hall–Kier alpha value is -1.89. The molecule has 0 unspecified atom stereocenters. The van der Waals surface area contributed by atoms with Crippen LogP contribution in [-0.4, -0.2) is 9.97 Å². The lowest BCUT2D eigenvalue weighted by molar-refractivity contribution is 0.454. The number of halogens is 2. The maximum absolute atomic E-state index is 13.0. The summed E-state index contributed by atoms with van der Waals surface area (Å²) in [4.78, 5) is 17.4. The number of nitrogens with two attached hydrogens (primary N) is 1. The molecule has 0 bridgehead atoms. The molecule has 0 saturated heterocycles. The Kier molecular flexibility index (Phi) is 3.10. The van der Waals surface area contributed by atoms with Crippen molar-refractivity contribution in [1.82, 2.24) is 9.97 Å². The maximum Gasteiger partial charge on any atom is 0.268 e. The van der Waals surface area contributed by atoms with E-state index in [1.54, 1.807) is 0 Å². The van der Waals surface area contributed by atoms with Gasteiger partial charge in [-0.05, 0) is 28.1 Å². The molecule has 2 rings (SSSR count). The van der Waals surface area contributed by atoms with Crippen LogP contribution in [0.1, 0.15) is 0 Å². The molecule has 5 nitrogen and oxygen atoms in total. The van der Waals surface area contributed by atoms with Crippen molar-refractivity contribution in [3.63, 3.8) is 0 Å². The summed E-state index contributed by atoms with van der Waals surface area (Å²) in [5, 5.41) is 0. The first-order valence-electron chi connectivity index (χ1n) is 4.54. The normalized spacial score (nSPS) is 10.2. The Balaban J connectivity index is 2.41. The zero-order chi connectivity index (χ0) is 12.4. The Labute approximate surface area is 104 Å². The fourth-order valence-electron chi connectivity index (χ4n) is 1.14. The van der Waals surface area contributed by atoms with Crippen LogP contribution in [0, 0.1) is 5.82 Å². The minimum atomic E-state index is -0.491. The van der Waals surface area contributed by atoms with E-state index >= 15 is 0 Å². The molecule has 0 atom stereocenters. The van der Waals surface area contributed by atoms with Crippen LogP contribution in [-0.2, 0) is 0 Å². The van der Waals surface area contributed by atoms with Crippen molar-refractivity contribution in [3.05, 3.63) is 45.2 Å². The number of H-pyrrole nitrogens is 1. The fraction of sp³-hybridized carbons (Fsp3) is 0. The lowest BCUT2D eigenvalue weighted by Gasteiger charge is -2.07. The number of ether oxygens (including phenoxy) is 1. The van der Waals surface area contributed by atoms with E-state index in [9.17, 15) is 9.18 Å². The maximum atomic E-state index is 13.0. The molecule has 0 aliphatic heterocycles. The van der Waals surface area contributed by atoms with Crippen LogP contribution in [0.5, 0.6) is 11.6 Å². The van der Waals surface area contributed by atoms with E-state index in [2.05, 4.69) is 25.9 Å². The van der Waals surface area contributed by atoms with Gasteiger partial charge >= 0.3 is 0 Å². The summed E-state index contributed by atoms with van der Waals surface area (Å²) in [6, 6.07) is 3.69. The highest BCUT2D eigenvalue weighted by Gasteiger charge is 2.10. The Morgan fingerprint density at radius 3 is 3.00 bits per heavy atom. The number of nitrogen functional groups attached to an aromatic ring is 1. The SMILES string of the molecule is Nc1ccc(F)cc1Oc1nc[nH]c(=O)c1Br. The Bertz CT molecular complexity index is 615. The van der Waals surface area contributed by atoms with Gasteiger partial charge < -0.3 is 15.5 Å². The molecule has 0 saturated carbocycles. The monoisotopic (exact) mass is 299 g/mol. The Morgan fingerprint density at radius 1 is 1.47 bits per heavy atom. The largest absolute Gasteiger partial charge is 0.435 e. The average molecular weight is 300 g/mol. The van der Waals surface area contributed by atoms with Crippen molar-refractivity contribution in [3.8, 4) is 11.6 Å². The van der Waals surface area contributed by atoms with Crippen molar-refractivity contribution < 1.29 is 9.13 Å². The van der Waals surface area contributed by atoms with Gasteiger partial charge in [0, 0.05) is 6.07 Å². The molecule has 1 heterocycles. The molecule has 0 fully saturated rings. The van der Waals surface area contributed by atoms with Gasteiger partial charge in [0.1, 0.15) is 10.3 Å². The minimum Gasteiger partial charge on any atom is -0.435 e. The fourth-order valence-corrected chi connectivity index (χ4v) is 1.44. The van der Waals surface area contributed by atoms with E-state index in [0.717, 1.165) is 6.07 Å². The number of hydrogen-bond donors (Lipinski definition) is 2. The molecule has 0 radical (unpaired) electrons. The van der Waals surface area contributed by atoms with Crippen molar-refractivity contribution in [2.24, 2.45) is 0 Å². The van der Waals surface area contributed by atoms with Crippen LogP contribution >= 0.6 is 15.9 Å². The molecule has 7 heteroatoms. The summed E-state index contributed by atoms with van der Waals surface area (Å²) >= 11 is 3.01. The third kappa shape index (κ3) is 2.44. The van der Waals surface area contributed by atoms with E-state index in [1.807, 2.05) is 0 Å². The summed E-state index contributed by atoms with van der Waals surface area (Å²) in [5.41, 5.74) is 5.46. The molecule has 88 valence electrons. The number of anilines is 1. The van der Waals surface area contributed by atoms with Gasteiger partial charge in [-0.25, -0.2) is 9.37 Å². The van der Waals surface area contributed by atoms with Crippen LogP contribution in [0.3, 0.4) is 0 Å². The average Bonchev–Trinajstić information content (AvgIpc) is 2.30. The quantitative estimate of drug-likeness (QED) is 0.832. The van der Waals surface area contributed by atoms with Crippen LogP contribution in [0.25, 0.3) is 0 Å². The van der Waals surface area contributed by atoms with Crippen molar-refractivity contribution in [2.45, 2.75) is 0 Å². The highest BCUT2D eigenvalue weighted by molar-refractivity contribution is 9.10. The predicted molar refractivity (Wildman–Crippen MR) is 63.4 cm³/mol. The third-order valence-corrected chi connectivity index (χ3v) is 2.65. The topological polar surface area (TPSA) is 81.0 Å². The van der Waals surface area contributed by atoms with Crippen LogP contribution in [0.4, 0.5) is 10.1 Å². The lowest BCUT2D eigenvalue weighted by atomic mass is 10.3. The molecule has 2 aromatic rings. The second-order valence-corrected chi connectivity index (χ2v) is 3.93. The molecule has 1 aromatic heterocycles. The number of nitrogens with zero attached hydrogens (tertiary/aromatic N) is 1. The molecule has 0 spiro atoms. The van der Waals surface area contributed by atoms with Gasteiger partial charge in [-0.1, -0.05) is 0 Å². The van der Waals surface area contributed by atoms with Gasteiger partial charge in [0.25, 0.3) is 5.56 Å². The first kappa shape index (κ1) is 11.6. The summed E-state index contributed by atoms with van der Waals surface area (Å²) in [7, 11) is 0. The van der Waals surface area contributed by atoms with Crippen LogP contribution < -0.4 is 16.0 Å². The standard InChI is InChI=1S/C10H7BrFN3O2/c11-8-9(16)14-4-15-10(8)17-7-3-5(12)1-2-6(7)13/h1-4H,13H2,(H,14,15,16). The predicted octanol–water partition coefficient (Wildman–Crippen LogP) is 2.05. The van der Waals surface area contributed by atoms with Crippen LogP contribution in [0.2, 0.25) is 0 Å². The summed E-state index contributed by atoms with van der Waals surface area (Å²) in [5.74, 6) is -0.370. The number of aromatic nitrogens is 2. The molecular formula is C10H7BrFN3O2. The molecule has 0 aliphatic rings. The zero-order valence-electron chi connectivity index (χ0n) is 8.41. The van der Waals surface area contributed by atoms with Gasteiger partial charge in [0.15, 0.2) is 5.75 Å². The van der Waals surface area contributed by atoms with Crippen molar-refractivity contribution in [2.75, 3.05) is 5.73 Å². The van der Waals surface area contributed by atoms with Gasteiger partial charge in [0.05, 0.1) is 12.0 Å². The number of benzene rings is 1. The molecule has 0 aliphatic carbocycles. The third-order valence-electron chi connectivity index (χ3n) is 1.95. The number of nitrogens with one attached hydrogen (secondary N) is 1. The van der Waals surface area contributed by atoms with Crippen molar-refractivity contribution >= 4 is 21.6 Å². The first-order valence-corrected chi connectivity index (χ1v) is 5.33. The molecule has 3 N–H and O–H groups in total. The summed E-state index contributed by atoms with van der Waals surface area (Å²) < 4.78 is 18.4. The van der Waals surface area contributed by atoms with Gasteiger partial charge in [-0.3, -0.25) is 4.79 Å². The molecule has 17 heavy (non-hydrogen) atoms. The number of aromatic amines is 1. The van der Waals surface area contributed by atoms with E-state index in [4.69, 9.17) is 10.5 Å². The Morgan fingerprint density at radius 2 is 2.24 bits per heavy atom. The lowest BCUT2D eigenvalue weighted by Crippen LogP contribution is -2.08. The highest BCUT2D eigenvalue weighted by atomic mass is 79.9. The van der Waals surface area contributed by atoms with E-state index in [-0.39, 0.29) is 21.8 Å². The van der Waals surface area contributed by atoms with Crippen molar-refractivity contribution in [1.29, 1.82) is 0 Å². The smallest absolute Gasteiger partial charge is 0.268 e. The minimum absolute atomic E-state index is 0.0195. The zero-order valence-corrected chi connectivity index (χ0v) is 9.99. The van der Waals surface area contributed by atoms with Gasteiger partial charge in [-0.15, -0.1) is 0 Å². The summed E-state index contributed by atoms with van der Waals surface area (Å²) in [6.07, 6.45) is 1.18. The van der Waals surface area contributed by atoms with E-state index < -0.39 is 11.4 Å². The second-order valence-electron chi connectivity index (χ2n) is 3.14. The molecular weight excluding hydrogens is 293 g/mol. The van der Waals surface area contributed by atoms with Gasteiger partial charge in [-0.2, -0.15) is 0 Å². The molecule has 1 aromatic carbocycles. The number of rotatable bonds is 2. The second kappa shape index (κ2) is 4.54. The number of hydrogen-bond acceptors (Lipinski definition) is 4. The molecule has 0 amide bonds. The van der Waals surface area contributed by atoms with E-state index in [1.165, 1.54) is 18.5 Å². The van der Waals surface area contributed by atoms with Crippen LogP contribution in [0.15, 0.2) is 33.8 Å². The first-order chi connectivity index (χ1) is 8.08. The highest BCUT2D eigenvalue weighted by Crippen LogP contribution is 2.29. The van der Waals surface area contributed by atoms with E-state index in [0.29, 0.717) is 0 Å².